The van der Waals surface area contributed by atoms with E-state index in [0.29, 0.717) is 17.4 Å². The van der Waals surface area contributed by atoms with Crippen LogP contribution in [0.3, 0.4) is 0 Å². The van der Waals surface area contributed by atoms with E-state index in [0.717, 1.165) is 20.7 Å². The Bertz CT molecular complexity index is 1100. The molecule has 1 aliphatic rings. The third-order valence-electron chi connectivity index (χ3n) is 4.20. The van der Waals surface area contributed by atoms with Gasteiger partial charge in [0.2, 0.25) is 10.0 Å². The van der Waals surface area contributed by atoms with Gasteiger partial charge in [0.05, 0.1) is 21.8 Å². The Kier molecular flexibility index (Phi) is 5.06. The highest BCUT2D eigenvalue weighted by Crippen LogP contribution is 2.39. The van der Waals surface area contributed by atoms with Gasteiger partial charge in [0.15, 0.2) is 0 Å². The van der Waals surface area contributed by atoms with E-state index in [9.17, 15) is 30.0 Å². The number of hydrogen-bond donors (Lipinski definition) is 1. The molecule has 0 saturated carbocycles. The zero-order chi connectivity index (χ0) is 20.7. The molecular weight excluding hydrogens is 419 g/mol. The number of nitrogens with zero attached hydrogens (tertiary/aromatic N) is 2. The average Bonchev–Trinajstić information content (AvgIpc) is 2.82. The van der Waals surface area contributed by atoms with Gasteiger partial charge in [-0.1, -0.05) is 24.3 Å². The first-order valence-electron chi connectivity index (χ1n) is 7.98. The minimum Gasteiger partial charge on any atom is -0.254 e. The maximum atomic E-state index is 13.1. The molecule has 0 amide bonds. The molecule has 0 bridgehead atoms. The fraction of sp³-hybridized carbons (Fsp3) is 0.250. The number of rotatable bonds is 5. The molecule has 1 heterocycles. The van der Waals surface area contributed by atoms with Crippen LogP contribution in [-0.2, 0) is 26.4 Å². The number of para-hydroxylation sites is 2. The first-order valence-corrected chi connectivity index (χ1v) is 10.9. The zero-order valence-electron chi connectivity index (χ0n) is 14.5. The Morgan fingerprint density at radius 3 is 2.21 bits per heavy atom. The SMILES string of the molecule is CN1c2ccccc2N(CCNS(=O)(=O)c2ccccc2C(F)(F)F)S1(=O)=O. The van der Waals surface area contributed by atoms with E-state index in [1.807, 2.05) is 4.72 Å². The number of nitrogens with one attached hydrogen (secondary N) is 1. The molecule has 0 aliphatic carbocycles. The van der Waals surface area contributed by atoms with Gasteiger partial charge in [0, 0.05) is 20.1 Å². The van der Waals surface area contributed by atoms with Crippen LogP contribution in [0.2, 0.25) is 0 Å². The van der Waals surface area contributed by atoms with Crippen LogP contribution in [0.5, 0.6) is 0 Å². The summed E-state index contributed by atoms with van der Waals surface area (Å²) in [7, 11) is -7.03. The van der Waals surface area contributed by atoms with Crippen molar-refractivity contribution in [1.29, 1.82) is 0 Å². The second-order valence-corrected chi connectivity index (χ2v) is 9.55. The van der Waals surface area contributed by atoms with E-state index in [1.54, 1.807) is 24.3 Å². The molecular formula is C16H16F3N3O4S2. The standard InChI is InChI=1S/C16H16F3N3O4S2/c1-21-13-7-3-4-8-14(13)22(28(21,25)26)11-10-20-27(23,24)15-9-5-2-6-12(15)16(17,18)19/h2-9,20H,10-11H2,1H3. The van der Waals surface area contributed by atoms with E-state index in [-0.39, 0.29) is 6.54 Å². The molecule has 0 aromatic heterocycles. The molecule has 7 nitrogen and oxygen atoms in total. The molecule has 0 atom stereocenters. The monoisotopic (exact) mass is 435 g/mol. The molecule has 0 unspecified atom stereocenters. The second-order valence-electron chi connectivity index (χ2n) is 5.93. The maximum Gasteiger partial charge on any atom is 0.417 e. The van der Waals surface area contributed by atoms with Crippen molar-refractivity contribution in [2.24, 2.45) is 0 Å². The summed E-state index contributed by atoms with van der Waals surface area (Å²) in [5.74, 6) is 0. The molecule has 3 rings (SSSR count). The van der Waals surface area contributed by atoms with Crippen LogP contribution in [0.15, 0.2) is 53.4 Å². The topological polar surface area (TPSA) is 86.8 Å². The van der Waals surface area contributed by atoms with Gasteiger partial charge >= 0.3 is 16.4 Å². The number of anilines is 2. The molecule has 1 aliphatic heterocycles. The highest BCUT2D eigenvalue weighted by Gasteiger charge is 2.39. The van der Waals surface area contributed by atoms with Crippen molar-refractivity contribution in [3.05, 3.63) is 54.1 Å². The first kappa shape index (κ1) is 20.4. The summed E-state index contributed by atoms with van der Waals surface area (Å²) in [6.45, 7) is -0.687. The molecule has 0 fully saturated rings. The summed E-state index contributed by atoms with van der Waals surface area (Å²) in [6.07, 6.45) is -4.84. The van der Waals surface area contributed by atoms with Gasteiger partial charge < -0.3 is 0 Å². The van der Waals surface area contributed by atoms with Crippen molar-refractivity contribution in [3.8, 4) is 0 Å². The average molecular weight is 435 g/mol. The minimum atomic E-state index is -4.84. The third kappa shape index (κ3) is 3.54. The molecule has 152 valence electrons. The predicted molar refractivity (Wildman–Crippen MR) is 97.7 cm³/mol. The van der Waals surface area contributed by atoms with Crippen molar-refractivity contribution in [1.82, 2.24) is 4.72 Å². The van der Waals surface area contributed by atoms with Gasteiger partial charge in [-0.25, -0.2) is 17.4 Å². The summed E-state index contributed by atoms with van der Waals surface area (Å²) >= 11 is 0. The Hall–Kier alpha value is -2.31. The van der Waals surface area contributed by atoms with E-state index in [4.69, 9.17) is 0 Å². The van der Waals surface area contributed by atoms with E-state index in [2.05, 4.69) is 0 Å². The quantitative estimate of drug-likeness (QED) is 0.780. The fourth-order valence-electron chi connectivity index (χ4n) is 2.87. The number of hydrogen-bond acceptors (Lipinski definition) is 4. The van der Waals surface area contributed by atoms with Crippen molar-refractivity contribution >= 4 is 31.6 Å². The summed E-state index contributed by atoms with van der Waals surface area (Å²) in [6, 6.07) is 10.2. The lowest BCUT2D eigenvalue weighted by atomic mass is 10.2. The second kappa shape index (κ2) is 6.94. The lowest BCUT2D eigenvalue weighted by Gasteiger charge is -2.19. The Balaban J connectivity index is 1.81. The summed E-state index contributed by atoms with van der Waals surface area (Å²) in [5.41, 5.74) is -0.506. The molecule has 28 heavy (non-hydrogen) atoms. The molecule has 2 aromatic rings. The minimum absolute atomic E-state index is 0.281. The van der Waals surface area contributed by atoms with E-state index < -0.39 is 43.4 Å². The smallest absolute Gasteiger partial charge is 0.254 e. The van der Waals surface area contributed by atoms with Crippen LogP contribution in [0.4, 0.5) is 24.5 Å². The first-order chi connectivity index (χ1) is 13.0. The zero-order valence-corrected chi connectivity index (χ0v) is 16.1. The highest BCUT2D eigenvalue weighted by atomic mass is 32.2. The Morgan fingerprint density at radius 1 is 1.00 bits per heavy atom. The van der Waals surface area contributed by atoms with Gasteiger partial charge in [0.25, 0.3) is 0 Å². The van der Waals surface area contributed by atoms with Crippen molar-refractivity contribution in [2.75, 3.05) is 28.7 Å². The van der Waals surface area contributed by atoms with E-state index in [1.165, 1.54) is 13.1 Å². The summed E-state index contributed by atoms with van der Waals surface area (Å²) in [5, 5.41) is 0. The molecule has 0 saturated heterocycles. The fourth-order valence-corrected chi connectivity index (χ4v) is 5.54. The van der Waals surface area contributed by atoms with Crippen molar-refractivity contribution < 1.29 is 30.0 Å². The van der Waals surface area contributed by atoms with Crippen LogP contribution in [0.1, 0.15) is 5.56 Å². The Morgan fingerprint density at radius 2 is 1.57 bits per heavy atom. The number of fused-ring (bicyclic) bond motifs is 1. The molecule has 12 heteroatoms. The predicted octanol–water partition coefficient (Wildman–Crippen LogP) is 2.18. The van der Waals surface area contributed by atoms with Gasteiger partial charge in [-0.3, -0.25) is 4.31 Å². The summed E-state index contributed by atoms with van der Waals surface area (Å²) in [4.78, 5) is -0.913. The number of benzene rings is 2. The van der Waals surface area contributed by atoms with Gasteiger partial charge in [-0.2, -0.15) is 21.6 Å². The van der Waals surface area contributed by atoms with Gasteiger partial charge in [-0.05, 0) is 24.3 Å². The van der Waals surface area contributed by atoms with Crippen LogP contribution in [0, 0.1) is 0 Å². The number of halogens is 3. The molecule has 1 N–H and O–H groups in total. The van der Waals surface area contributed by atoms with Crippen molar-refractivity contribution in [3.63, 3.8) is 0 Å². The highest BCUT2D eigenvalue weighted by molar-refractivity contribution is 7.94. The molecule has 2 aromatic carbocycles. The largest absolute Gasteiger partial charge is 0.417 e. The number of sulfonamides is 1. The maximum absolute atomic E-state index is 13.1. The van der Waals surface area contributed by atoms with Gasteiger partial charge in [0.1, 0.15) is 0 Å². The normalized spacial score (nSPS) is 16.3. The lowest BCUT2D eigenvalue weighted by Crippen LogP contribution is -2.40. The van der Waals surface area contributed by atoms with E-state index >= 15 is 0 Å². The van der Waals surface area contributed by atoms with Crippen molar-refractivity contribution in [2.45, 2.75) is 11.1 Å². The molecule has 0 spiro atoms. The third-order valence-corrected chi connectivity index (χ3v) is 7.55. The molecule has 0 radical (unpaired) electrons. The van der Waals surface area contributed by atoms with Crippen LogP contribution >= 0.6 is 0 Å². The van der Waals surface area contributed by atoms with Crippen LogP contribution < -0.4 is 13.3 Å². The van der Waals surface area contributed by atoms with Crippen LogP contribution in [0.25, 0.3) is 0 Å². The Labute approximate surface area is 160 Å². The summed E-state index contributed by atoms with van der Waals surface area (Å²) < 4.78 is 93.0. The number of alkyl halides is 3. The lowest BCUT2D eigenvalue weighted by molar-refractivity contribution is -0.139. The van der Waals surface area contributed by atoms with Crippen LogP contribution in [-0.4, -0.2) is 37.0 Å². The van der Waals surface area contributed by atoms with Gasteiger partial charge in [-0.15, -0.1) is 0 Å².